The van der Waals surface area contributed by atoms with E-state index in [4.69, 9.17) is 9.47 Å². The van der Waals surface area contributed by atoms with Crippen LogP contribution < -0.4 is 9.47 Å². The van der Waals surface area contributed by atoms with Gasteiger partial charge in [0.15, 0.2) is 5.78 Å². The van der Waals surface area contributed by atoms with E-state index in [1.165, 1.54) is 19.2 Å². The Bertz CT molecular complexity index is 1960. The van der Waals surface area contributed by atoms with Crippen LogP contribution in [-0.2, 0) is 27.5 Å². The molecule has 4 aromatic carbocycles. The number of ether oxygens (including phenoxy) is 3. The summed E-state index contributed by atoms with van der Waals surface area (Å²) in [6.07, 6.45) is -13.0. The van der Waals surface area contributed by atoms with Crippen LogP contribution in [0.5, 0.6) is 11.5 Å². The van der Waals surface area contributed by atoms with Crippen LogP contribution in [0, 0.1) is 29.3 Å². The predicted molar refractivity (Wildman–Crippen MR) is 179 cm³/mol. The van der Waals surface area contributed by atoms with Gasteiger partial charge in [0, 0.05) is 23.5 Å². The molecule has 0 radical (unpaired) electrons. The first kappa shape index (κ1) is 41.1. The molecule has 1 saturated carbocycles. The molecule has 0 heterocycles. The number of rotatable bonds is 14. The smallest absolute Gasteiger partial charge is 0.461 e. The Labute approximate surface area is 309 Å². The Morgan fingerprint density at radius 2 is 1.40 bits per heavy atom. The maximum Gasteiger partial charge on any atom is 0.461 e. The summed E-state index contributed by atoms with van der Waals surface area (Å²) in [5, 5.41) is 0. The summed E-state index contributed by atoms with van der Waals surface area (Å²) in [5.41, 5.74) is -4.13. The molecule has 5 rings (SSSR count). The average Bonchev–Trinajstić information content (AvgIpc) is 3.13. The standard InChI is InChI=1S/C40H34F10O5/c1-53-36(52)25-6-2-24(3-7-25)22-54-31-13-4-23(5-14-31)20-38(27-9-11-29(41)12-10-27,21-35(51)26-8-15-34(43)33(16-26)39(46,47)48)28-17-30(42)19-32(18-28)55-40(49,50)37(44)45/h4-5,8-19,24-25,37H,2-3,6-7,20-22H2,1H3/t24?,25?,38-/m1/s1. The van der Waals surface area contributed by atoms with Crippen molar-refractivity contribution in [1.29, 1.82) is 0 Å². The molecule has 0 bridgehead atoms. The van der Waals surface area contributed by atoms with Gasteiger partial charge in [-0.25, -0.2) is 13.2 Å². The lowest BCUT2D eigenvalue weighted by Crippen LogP contribution is -2.35. The zero-order valence-electron chi connectivity index (χ0n) is 29.1. The lowest BCUT2D eigenvalue weighted by molar-refractivity contribution is -0.253. The van der Waals surface area contributed by atoms with Crippen molar-refractivity contribution in [2.24, 2.45) is 11.8 Å². The number of methoxy groups -OCH3 is 1. The molecule has 15 heteroatoms. The molecule has 1 atom stereocenters. The number of alkyl halides is 7. The van der Waals surface area contributed by atoms with E-state index in [2.05, 4.69) is 4.74 Å². The normalized spacial score (nSPS) is 17.4. The van der Waals surface area contributed by atoms with E-state index in [0.717, 1.165) is 43.2 Å². The Balaban J connectivity index is 1.55. The summed E-state index contributed by atoms with van der Waals surface area (Å²) in [6.45, 7) is 0.328. The van der Waals surface area contributed by atoms with Gasteiger partial charge in [-0.1, -0.05) is 24.3 Å². The largest absolute Gasteiger partial charge is 0.493 e. The molecule has 0 N–H and O–H groups in total. The first-order valence-electron chi connectivity index (χ1n) is 17.0. The molecule has 1 aliphatic rings. The summed E-state index contributed by atoms with van der Waals surface area (Å²) in [5.74, 6) is -5.63. The van der Waals surface area contributed by atoms with Crippen LogP contribution in [0.1, 0.15) is 64.7 Å². The van der Waals surface area contributed by atoms with Gasteiger partial charge in [0.1, 0.15) is 29.0 Å². The summed E-state index contributed by atoms with van der Waals surface area (Å²) < 4.78 is 154. The first-order chi connectivity index (χ1) is 25.9. The molecule has 55 heavy (non-hydrogen) atoms. The topological polar surface area (TPSA) is 61.8 Å². The van der Waals surface area contributed by atoms with Crippen LogP contribution >= 0.6 is 0 Å². The maximum atomic E-state index is 15.2. The zero-order valence-corrected chi connectivity index (χ0v) is 29.1. The number of esters is 1. The van der Waals surface area contributed by atoms with Crippen molar-refractivity contribution in [3.8, 4) is 11.5 Å². The van der Waals surface area contributed by atoms with Crippen LogP contribution in [0.2, 0.25) is 0 Å². The van der Waals surface area contributed by atoms with Crippen molar-refractivity contribution in [3.05, 3.63) is 130 Å². The second-order valence-corrected chi connectivity index (χ2v) is 13.4. The quantitative estimate of drug-likeness (QED) is 0.0724. The van der Waals surface area contributed by atoms with Gasteiger partial charge in [0.05, 0.1) is 25.2 Å². The van der Waals surface area contributed by atoms with Crippen molar-refractivity contribution >= 4 is 11.8 Å². The minimum Gasteiger partial charge on any atom is -0.493 e. The minimum atomic E-state index is -5.19. The van der Waals surface area contributed by atoms with E-state index in [0.29, 0.717) is 49.0 Å². The second-order valence-electron chi connectivity index (χ2n) is 13.4. The first-order valence-corrected chi connectivity index (χ1v) is 17.0. The third-order valence-electron chi connectivity index (χ3n) is 9.68. The fraction of sp³-hybridized carbons (Fsp3) is 0.350. The minimum absolute atomic E-state index is 0.0560. The summed E-state index contributed by atoms with van der Waals surface area (Å²) in [4.78, 5) is 25.8. The van der Waals surface area contributed by atoms with Crippen molar-refractivity contribution in [1.82, 2.24) is 0 Å². The Kier molecular flexibility index (Phi) is 12.5. The van der Waals surface area contributed by atoms with E-state index in [-0.39, 0.29) is 35.4 Å². The highest BCUT2D eigenvalue weighted by atomic mass is 19.4. The van der Waals surface area contributed by atoms with Crippen LogP contribution in [0.3, 0.4) is 0 Å². The fourth-order valence-electron chi connectivity index (χ4n) is 6.80. The van der Waals surface area contributed by atoms with Crippen molar-refractivity contribution in [2.75, 3.05) is 13.7 Å². The number of ketones is 1. The van der Waals surface area contributed by atoms with Gasteiger partial charge in [-0.15, -0.1) is 0 Å². The second kappa shape index (κ2) is 16.7. The molecular weight excluding hydrogens is 750 g/mol. The summed E-state index contributed by atoms with van der Waals surface area (Å²) in [6, 6.07) is 14.2. The molecule has 5 nitrogen and oxygen atoms in total. The fourth-order valence-corrected chi connectivity index (χ4v) is 6.80. The van der Waals surface area contributed by atoms with E-state index >= 15 is 4.39 Å². The molecule has 1 fully saturated rings. The number of benzene rings is 4. The maximum absolute atomic E-state index is 15.2. The van der Waals surface area contributed by atoms with Gasteiger partial charge in [-0.3, -0.25) is 9.59 Å². The van der Waals surface area contributed by atoms with Crippen molar-refractivity contribution < 1.29 is 67.7 Å². The number of carbonyl (C=O) groups excluding carboxylic acids is 2. The molecule has 0 spiro atoms. The Morgan fingerprint density at radius 1 is 0.745 bits per heavy atom. The molecule has 0 saturated heterocycles. The van der Waals surface area contributed by atoms with Gasteiger partial charge < -0.3 is 14.2 Å². The van der Waals surface area contributed by atoms with Crippen molar-refractivity contribution in [3.63, 3.8) is 0 Å². The summed E-state index contributed by atoms with van der Waals surface area (Å²) >= 11 is 0. The Hall–Kier alpha value is -5.08. The molecule has 0 aliphatic heterocycles. The third kappa shape index (κ3) is 9.97. The van der Waals surface area contributed by atoms with Gasteiger partial charge >= 0.3 is 24.7 Å². The highest BCUT2D eigenvalue weighted by Gasteiger charge is 2.45. The van der Waals surface area contributed by atoms with E-state index in [9.17, 15) is 49.1 Å². The van der Waals surface area contributed by atoms with Crippen molar-refractivity contribution in [2.45, 2.75) is 62.7 Å². The van der Waals surface area contributed by atoms with Crippen LogP contribution in [0.4, 0.5) is 43.9 Å². The third-order valence-corrected chi connectivity index (χ3v) is 9.68. The van der Waals surface area contributed by atoms with Crippen LogP contribution in [-0.4, -0.2) is 38.0 Å². The number of Topliss-reactive ketones (excluding diaryl/α,β-unsaturated/α-hetero) is 1. The predicted octanol–water partition coefficient (Wildman–Crippen LogP) is 10.5. The number of halogens is 10. The highest BCUT2D eigenvalue weighted by Crippen LogP contribution is 2.43. The average molecular weight is 785 g/mol. The van der Waals surface area contributed by atoms with Gasteiger partial charge in [-0.05, 0) is 109 Å². The SMILES string of the molecule is COC(=O)C1CCC(COc2ccc(C[C@@](CC(=O)c3ccc(F)c(C(F)(F)F)c3)(c3ccc(F)cc3)c3cc(F)cc(OC(F)(F)C(F)F)c3)cc2)CC1. The molecule has 4 aromatic rings. The Morgan fingerprint density at radius 3 is 2.00 bits per heavy atom. The van der Waals surface area contributed by atoms with Gasteiger partial charge in [0.25, 0.3) is 0 Å². The van der Waals surface area contributed by atoms with E-state index < -0.39 is 70.7 Å². The van der Waals surface area contributed by atoms with E-state index in [1.54, 1.807) is 24.3 Å². The molecule has 0 unspecified atom stereocenters. The molecule has 1 aliphatic carbocycles. The van der Waals surface area contributed by atoms with Gasteiger partial charge in [0.2, 0.25) is 0 Å². The monoisotopic (exact) mass is 784 g/mol. The van der Waals surface area contributed by atoms with E-state index in [1.807, 2.05) is 0 Å². The molecule has 0 aromatic heterocycles. The lowest BCUT2D eigenvalue weighted by Gasteiger charge is -2.36. The number of hydrogen-bond acceptors (Lipinski definition) is 5. The number of carbonyl (C=O) groups is 2. The highest BCUT2D eigenvalue weighted by molar-refractivity contribution is 5.97. The van der Waals surface area contributed by atoms with Gasteiger partial charge in [-0.2, -0.15) is 30.7 Å². The van der Waals surface area contributed by atoms with Crippen LogP contribution in [0.25, 0.3) is 0 Å². The molecular formula is C40H34F10O5. The molecule has 0 amide bonds. The number of hydrogen-bond donors (Lipinski definition) is 0. The summed E-state index contributed by atoms with van der Waals surface area (Å²) in [7, 11) is 1.34. The zero-order chi connectivity index (χ0) is 40.1. The lowest BCUT2D eigenvalue weighted by atomic mass is 9.67. The molecule has 294 valence electrons. The van der Waals surface area contributed by atoms with Crippen LogP contribution in [0.15, 0.2) is 84.9 Å².